The van der Waals surface area contributed by atoms with E-state index >= 15 is 0 Å². The normalized spacial score (nSPS) is 29.2. The maximum Gasteiger partial charge on any atom is 0.191 e. The van der Waals surface area contributed by atoms with Crippen molar-refractivity contribution < 1.29 is 0 Å². The summed E-state index contributed by atoms with van der Waals surface area (Å²) < 4.78 is 0. The van der Waals surface area contributed by atoms with Crippen molar-refractivity contribution in [2.75, 3.05) is 44.2 Å². The molecule has 2 N–H and O–H groups in total. The van der Waals surface area contributed by atoms with Crippen molar-refractivity contribution in [3.8, 4) is 0 Å². The van der Waals surface area contributed by atoms with Crippen LogP contribution in [0.5, 0.6) is 0 Å². The number of aliphatic imine (C=N–C) groups is 1. The molecular weight excluding hydrogens is 292 g/mol. The topological polar surface area (TPSA) is 44.9 Å². The van der Waals surface area contributed by atoms with Gasteiger partial charge in [-0.1, -0.05) is 19.3 Å². The predicted molar refractivity (Wildman–Crippen MR) is 96.6 cm³/mol. The maximum atomic E-state index is 6.20. The van der Waals surface area contributed by atoms with Crippen LogP contribution in [0.15, 0.2) is 4.99 Å². The largest absolute Gasteiger partial charge is 0.370 e. The molecule has 2 heterocycles. The summed E-state index contributed by atoms with van der Waals surface area (Å²) in [5.74, 6) is 4.10. The molecule has 4 nitrogen and oxygen atoms in total. The molecule has 0 spiro atoms. The Balaban J connectivity index is 1.47. The third-order valence-electron chi connectivity index (χ3n) is 5.52. The molecule has 0 bridgehead atoms. The lowest BCUT2D eigenvalue weighted by Gasteiger charge is -2.31. The molecule has 1 atom stereocenters. The van der Waals surface area contributed by atoms with Crippen molar-refractivity contribution >= 4 is 17.7 Å². The second-order valence-electron chi connectivity index (χ2n) is 7.09. The molecule has 1 unspecified atom stereocenters. The molecule has 2 saturated heterocycles. The molecule has 0 aromatic rings. The number of guanidine groups is 1. The van der Waals surface area contributed by atoms with Crippen molar-refractivity contribution in [3.63, 3.8) is 0 Å². The molecular formula is C17H32N4S. The number of hydrogen-bond donors (Lipinski definition) is 1. The van der Waals surface area contributed by atoms with Gasteiger partial charge in [0.15, 0.2) is 5.96 Å². The molecule has 126 valence electrons. The van der Waals surface area contributed by atoms with E-state index in [1.54, 1.807) is 0 Å². The molecule has 0 aromatic carbocycles. The van der Waals surface area contributed by atoms with Crippen LogP contribution in [0, 0.1) is 5.92 Å². The minimum atomic E-state index is 0.639. The summed E-state index contributed by atoms with van der Waals surface area (Å²) in [6.45, 7) is 5.62. The quantitative estimate of drug-likeness (QED) is 0.637. The molecule has 0 amide bonds. The first kappa shape index (κ1) is 16.4. The molecule has 3 fully saturated rings. The highest BCUT2D eigenvalue weighted by atomic mass is 32.2. The maximum absolute atomic E-state index is 6.20. The minimum Gasteiger partial charge on any atom is -0.370 e. The Morgan fingerprint density at radius 3 is 2.55 bits per heavy atom. The average Bonchev–Trinajstić information content (AvgIpc) is 3.01. The molecule has 3 aliphatic rings. The van der Waals surface area contributed by atoms with E-state index in [2.05, 4.69) is 9.80 Å². The van der Waals surface area contributed by atoms with Gasteiger partial charge in [-0.25, -0.2) is 0 Å². The number of likely N-dealkylation sites (tertiary alicyclic amines) is 1. The number of rotatable bonds is 4. The standard InChI is InChI=1S/C17H32N4S/c18-17(20-9-11-22-12-10-20)19-13-16-7-4-8-21(16)14-15-5-2-1-3-6-15/h15-16H,1-14H2,(H2,18,19). The zero-order valence-electron chi connectivity index (χ0n) is 13.9. The van der Waals surface area contributed by atoms with Crippen LogP contribution < -0.4 is 5.73 Å². The first-order chi connectivity index (χ1) is 10.8. The highest BCUT2D eigenvalue weighted by molar-refractivity contribution is 7.99. The van der Waals surface area contributed by atoms with Gasteiger partial charge in [-0.05, 0) is 38.1 Å². The van der Waals surface area contributed by atoms with E-state index in [1.165, 1.54) is 69.5 Å². The van der Waals surface area contributed by atoms with E-state index in [0.717, 1.165) is 31.5 Å². The van der Waals surface area contributed by atoms with Crippen LogP contribution in [0.25, 0.3) is 0 Å². The Hall–Kier alpha value is -0.420. The molecule has 1 aliphatic carbocycles. The third-order valence-corrected chi connectivity index (χ3v) is 6.46. The number of thioether (sulfide) groups is 1. The summed E-state index contributed by atoms with van der Waals surface area (Å²) in [5.41, 5.74) is 6.20. The van der Waals surface area contributed by atoms with Crippen LogP contribution in [0.3, 0.4) is 0 Å². The summed E-state index contributed by atoms with van der Waals surface area (Å²) in [5, 5.41) is 0. The summed E-state index contributed by atoms with van der Waals surface area (Å²) in [6, 6.07) is 0.639. The lowest BCUT2D eigenvalue weighted by Crippen LogP contribution is -2.43. The Morgan fingerprint density at radius 2 is 1.77 bits per heavy atom. The lowest BCUT2D eigenvalue weighted by molar-refractivity contribution is 0.190. The molecule has 22 heavy (non-hydrogen) atoms. The van der Waals surface area contributed by atoms with Gasteiger partial charge >= 0.3 is 0 Å². The average molecular weight is 325 g/mol. The van der Waals surface area contributed by atoms with Gasteiger partial charge < -0.3 is 10.6 Å². The van der Waals surface area contributed by atoms with Gasteiger partial charge in [-0.2, -0.15) is 11.8 Å². The monoisotopic (exact) mass is 324 g/mol. The first-order valence-corrected chi connectivity index (χ1v) is 10.3. The van der Waals surface area contributed by atoms with Gasteiger partial charge in [0.05, 0.1) is 6.54 Å². The fraction of sp³-hybridized carbons (Fsp3) is 0.941. The Bertz CT molecular complexity index is 362. The van der Waals surface area contributed by atoms with Crippen LogP contribution in [-0.4, -0.2) is 66.0 Å². The Labute approximate surface area is 139 Å². The highest BCUT2D eigenvalue weighted by Gasteiger charge is 2.27. The zero-order chi connectivity index (χ0) is 15.2. The fourth-order valence-electron chi connectivity index (χ4n) is 4.13. The summed E-state index contributed by atoms with van der Waals surface area (Å²) >= 11 is 2.02. The van der Waals surface area contributed by atoms with E-state index in [9.17, 15) is 0 Å². The van der Waals surface area contributed by atoms with Crippen LogP contribution in [0.2, 0.25) is 0 Å². The van der Waals surface area contributed by atoms with Crippen molar-refractivity contribution in [2.24, 2.45) is 16.6 Å². The first-order valence-electron chi connectivity index (χ1n) is 9.19. The number of nitrogens with two attached hydrogens (primary N) is 1. The SMILES string of the molecule is NC(=NCC1CCCN1CC1CCCCC1)N1CCSCC1. The Morgan fingerprint density at radius 1 is 1.00 bits per heavy atom. The lowest BCUT2D eigenvalue weighted by atomic mass is 9.89. The summed E-state index contributed by atoms with van der Waals surface area (Å²) in [4.78, 5) is 9.71. The molecule has 0 radical (unpaired) electrons. The number of nitrogens with zero attached hydrogens (tertiary/aromatic N) is 3. The van der Waals surface area contributed by atoms with Gasteiger partial charge in [0.25, 0.3) is 0 Å². The summed E-state index contributed by atoms with van der Waals surface area (Å²) in [7, 11) is 0. The predicted octanol–water partition coefficient (Wildman–Crippen LogP) is 2.39. The molecule has 2 aliphatic heterocycles. The van der Waals surface area contributed by atoms with E-state index in [-0.39, 0.29) is 0 Å². The molecule has 5 heteroatoms. The van der Waals surface area contributed by atoms with Gasteiger partial charge in [0.2, 0.25) is 0 Å². The van der Waals surface area contributed by atoms with Crippen LogP contribution in [-0.2, 0) is 0 Å². The smallest absolute Gasteiger partial charge is 0.191 e. The van der Waals surface area contributed by atoms with E-state index in [0.29, 0.717) is 6.04 Å². The van der Waals surface area contributed by atoms with Gasteiger partial charge in [0.1, 0.15) is 0 Å². The van der Waals surface area contributed by atoms with Crippen molar-refractivity contribution in [2.45, 2.75) is 51.0 Å². The van der Waals surface area contributed by atoms with E-state index in [1.807, 2.05) is 11.8 Å². The van der Waals surface area contributed by atoms with Crippen LogP contribution >= 0.6 is 11.8 Å². The van der Waals surface area contributed by atoms with Crippen molar-refractivity contribution in [1.29, 1.82) is 0 Å². The minimum absolute atomic E-state index is 0.639. The highest BCUT2D eigenvalue weighted by Crippen LogP contribution is 2.27. The van der Waals surface area contributed by atoms with Crippen molar-refractivity contribution in [1.82, 2.24) is 9.80 Å². The zero-order valence-corrected chi connectivity index (χ0v) is 14.7. The number of hydrogen-bond acceptors (Lipinski definition) is 3. The van der Waals surface area contributed by atoms with Crippen LogP contribution in [0.4, 0.5) is 0 Å². The van der Waals surface area contributed by atoms with E-state index < -0.39 is 0 Å². The molecule has 3 rings (SSSR count). The Kier molecular flexibility index (Phi) is 6.30. The molecule has 1 saturated carbocycles. The van der Waals surface area contributed by atoms with Crippen molar-refractivity contribution in [3.05, 3.63) is 0 Å². The van der Waals surface area contributed by atoms with Gasteiger partial charge in [-0.15, -0.1) is 0 Å². The van der Waals surface area contributed by atoms with Gasteiger partial charge in [-0.3, -0.25) is 9.89 Å². The second kappa shape index (κ2) is 8.44. The second-order valence-corrected chi connectivity index (χ2v) is 8.32. The van der Waals surface area contributed by atoms with Gasteiger partial charge in [0, 0.05) is 37.2 Å². The van der Waals surface area contributed by atoms with E-state index in [4.69, 9.17) is 10.7 Å². The molecule has 0 aromatic heterocycles. The van der Waals surface area contributed by atoms with Crippen LogP contribution in [0.1, 0.15) is 44.9 Å². The summed E-state index contributed by atoms with van der Waals surface area (Å²) in [6.07, 6.45) is 9.88. The third kappa shape index (κ3) is 4.54. The fourth-order valence-corrected chi connectivity index (χ4v) is 5.04.